The van der Waals surface area contributed by atoms with Gasteiger partial charge in [-0.15, -0.1) is 0 Å². The molecule has 0 amide bonds. The second kappa shape index (κ2) is 12.9. The minimum atomic E-state index is -3.50. The van der Waals surface area contributed by atoms with Crippen molar-refractivity contribution in [3.8, 4) is 0 Å². The summed E-state index contributed by atoms with van der Waals surface area (Å²) in [6.07, 6.45) is 4.09. The molecule has 1 aliphatic carbocycles. The van der Waals surface area contributed by atoms with Crippen LogP contribution in [0.4, 0.5) is 11.8 Å². The van der Waals surface area contributed by atoms with Gasteiger partial charge in [0, 0.05) is 31.6 Å². The highest BCUT2D eigenvalue weighted by molar-refractivity contribution is 7.89. The Morgan fingerprint density at radius 2 is 1.53 bits per heavy atom. The van der Waals surface area contributed by atoms with E-state index in [-0.39, 0.29) is 12.8 Å². The van der Waals surface area contributed by atoms with E-state index in [9.17, 15) is 8.42 Å². The Hall–Kier alpha value is -2.75. The Balaban J connectivity index is 0.00000400. The maximum atomic E-state index is 12.8. The van der Waals surface area contributed by atoms with Gasteiger partial charge in [0.1, 0.15) is 5.82 Å². The average Bonchev–Trinajstić information content (AvgIpc) is 2.89. The summed E-state index contributed by atoms with van der Waals surface area (Å²) in [5.41, 5.74) is 7.67. The van der Waals surface area contributed by atoms with E-state index in [0.717, 1.165) is 54.5 Å². The topological polar surface area (TPSA) is 122 Å². The predicted octanol–water partition coefficient (Wildman–Crippen LogP) is 5.13. The molecule has 8 nitrogen and oxygen atoms in total. The molecule has 4 rings (SSSR count). The molecule has 1 heterocycles. The molecule has 1 saturated carbocycles. The Bertz CT molecular complexity index is 1280. The third-order valence-electron chi connectivity index (χ3n) is 7.15. The van der Waals surface area contributed by atoms with E-state index in [4.69, 9.17) is 5.73 Å². The van der Waals surface area contributed by atoms with Gasteiger partial charge in [-0.05, 0) is 72.8 Å². The number of nitrogens with zero attached hydrogens (tertiary/aromatic N) is 2. The molecule has 9 heteroatoms. The molecular formula is C29H44N6O2S. The summed E-state index contributed by atoms with van der Waals surface area (Å²) in [5.74, 6) is 2.27. The average molecular weight is 541 g/mol. The first-order chi connectivity index (χ1) is 17.7. The van der Waals surface area contributed by atoms with Crippen LogP contribution in [0.3, 0.4) is 0 Å². The highest BCUT2D eigenvalue weighted by atomic mass is 32.2. The van der Waals surface area contributed by atoms with Crippen molar-refractivity contribution in [1.29, 1.82) is 0 Å². The zero-order valence-electron chi connectivity index (χ0n) is 22.1. The zero-order valence-corrected chi connectivity index (χ0v) is 22.9. The van der Waals surface area contributed by atoms with Gasteiger partial charge in [-0.2, -0.15) is 4.98 Å². The van der Waals surface area contributed by atoms with Crippen molar-refractivity contribution in [2.75, 3.05) is 36.8 Å². The smallest absolute Gasteiger partial charge is 0.240 e. The van der Waals surface area contributed by atoms with E-state index in [1.165, 1.54) is 0 Å². The summed E-state index contributed by atoms with van der Waals surface area (Å²) in [7, 11) is -3.50. The minimum absolute atomic E-state index is 0. The van der Waals surface area contributed by atoms with Crippen LogP contribution >= 0.6 is 0 Å². The van der Waals surface area contributed by atoms with Crippen LogP contribution in [0.5, 0.6) is 0 Å². The van der Waals surface area contributed by atoms with Gasteiger partial charge in [0.2, 0.25) is 16.0 Å². The Morgan fingerprint density at radius 1 is 0.895 bits per heavy atom. The third-order valence-corrected chi connectivity index (χ3v) is 8.59. The summed E-state index contributed by atoms with van der Waals surface area (Å²) in [5, 5.41) is 7.70. The van der Waals surface area contributed by atoms with Crippen molar-refractivity contribution < 1.29 is 8.42 Å². The lowest BCUT2D eigenvalue weighted by Gasteiger charge is -2.28. The van der Waals surface area contributed by atoms with Crippen molar-refractivity contribution in [1.82, 2.24) is 14.7 Å². The number of hydrogen-bond donors (Lipinski definition) is 4. The van der Waals surface area contributed by atoms with Crippen molar-refractivity contribution in [3.05, 3.63) is 54.1 Å². The Morgan fingerprint density at radius 3 is 2.16 bits per heavy atom. The van der Waals surface area contributed by atoms with Crippen molar-refractivity contribution >= 4 is 32.7 Å². The number of aromatic nitrogens is 2. The highest BCUT2D eigenvalue weighted by Gasteiger charge is 2.24. The number of fused-ring (bicyclic) bond motifs is 1. The fourth-order valence-corrected chi connectivity index (χ4v) is 5.92. The molecule has 3 aromatic rings. The summed E-state index contributed by atoms with van der Waals surface area (Å²) < 4.78 is 28.4. The maximum absolute atomic E-state index is 12.8. The number of benzene rings is 2. The lowest BCUT2D eigenvalue weighted by atomic mass is 9.82. The van der Waals surface area contributed by atoms with Crippen LogP contribution < -0.4 is 21.1 Å². The maximum Gasteiger partial charge on any atom is 0.240 e. The Kier molecular flexibility index (Phi) is 10.1. The van der Waals surface area contributed by atoms with E-state index in [1.807, 2.05) is 36.4 Å². The van der Waals surface area contributed by atoms with E-state index in [1.54, 1.807) is 12.1 Å². The molecule has 0 unspecified atom stereocenters. The zero-order chi connectivity index (χ0) is 26.5. The molecule has 0 radical (unpaired) electrons. The molecule has 208 valence electrons. The lowest BCUT2D eigenvalue weighted by Crippen LogP contribution is -2.32. The van der Waals surface area contributed by atoms with Crippen molar-refractivity contribution in [3.63, 3.8) is 0 Å². The number of sulfonamides is 1. The highest BCUT2D eigenvalue weighted by Crippen LogP contribution is 2.30. The molecule has 0 atom stereocenters. The summed E-state index contributed by atoms with van der Waals surface area (Å²) in [4.78, 5) is 9.68. The number of nitrogens with one attached hydrogen (secondary N) is 3. The van der Waals surface area contributed by atoms with Crippen molar-refractivity contribution in [2.24, 2.45) is 17.6 Å². The molecule has 0 saturated heterocycles. The summed E-state index contributed by atoms with van der Waals surface area (Å²) >= 11 is 0. The second-order valence-electron chi connectivity index (χ2n) is 11.0. The quantitative estimate of drug-likeness (QED) is 0.281. The van der Waals surface area contributed by atoms with Crippen LogP contribution in [0.2, 0.25) is 0 Å². The number of anilines is 2. The van der Waals surface area contributed by atoms with Crippen LogP contribution in [0, 0.1) is 11.8 Å². The van der Waals surface area contributed by atoms with Crippen LogP contribution in [0.1, 0.15) is 59.4 Å². The lowest BCUT2D eigenvalue weighted by molar-refractivity contribution is 0.284. The standard InChI is InChI=1S/C28H40N6O2S.CH4/c1-28(2,3)22-12-14-23(15-13-22)37(35,36)32-19-21-10-8-20(9-11-21)18-31-27-33-25-7-5-4-6-24(25)26(34-27)30-17-16-29;/h4-7,12-15,20-21,32H,8-11,16-19,29H2,1-3H3,(H2,30,31,33,34);1H4. The molecule has 2 aromatic carbocycles. The molecule has 0 bridgehead atoms. The molecule has 1 fully saturated rings. The van der Waals surface area contributed by atoms with Gasteiger partial charge in [0.25, 0.3) is 0 Å². The van der Waals surface area contributed by atoms with Crippen molar-refractivity contribution in [2.45, 2.75) is 64.2 Å². The van der Waals surface area contributed by atoms with Crippen LogP contribution in [0.25, 0.3) is 10.9 Å². The van der Waals surface area contributed by atoms with Gasteiger partial charge < -0.3 is 16.4 Å². The molecular weight excluding hydrogens is 496 g/mol. The SMILES string of the molecule is C.CC(C)(C)c1ccc(S(=O)(=O)NCC2CCC(CNc3nc(NCCN)c4ccccc4n3)CC2)cc1. The molecule has 38 heavy (non-hydrogen) atoms. The summed E-state index contributed by atoms with van der Waals surface area (Å²) in [6, 6.07) is 15.2. The fourth-order valence-electron chi connectivity index (χ4n) is 4.80. The van der Waals surface area contributed by atoms with Gasteiger partial charge in [-0.3, -0.25) is 0 Å². The van der Waals surface area contributed by atoms with Crippen LogP contribution in [-0.2, 0) is 15.4 Å². The Labute approximate surface area is 228 Å². The van der Waals surface area contributed by atoms with E-state index in [2.05, 4.69) is 46.1 Å². The monoisotopic (exact) mass is 540 g/mol. The first kappa shape index (κ1) is 29.8. The van der Waals surface area contributed by atoms with Gasteiger partial charge in [0.05, 0.1) is 10.4 Å². The largest absolute Gasteiger partial charge is 0.368 e. The van der Waals surface area contributed by atoms with E-state index >= 15 is 0 Å². The molecule has 1 aliphatic rings. The molecule has 5 N–H and O–H groups in total. The molecule has 0 aliphatic heterocycles. The predicted molar refractivity (Wildman–Crippen MR) is 158 cm³/mol. The van der Waals surface area contributed by atoms with E-state index < -0.39 is 10.0 Å². The van der Waals surface area contributed by atoms with Gasteiger partial charge >= 0.3 is 0 Å². The fraction of sp³-hybridized carbons (Fsp3) is 0.517. The minimum Gasteiger partial charge on any atom is -0.368 e. The van der Waals surface area contributed by atoms with Crippen LogP contribution in [-0.4, -0.2) is 44.6 Å². The first-order valence-corrected chi connectivity index (χ1v) is 14.7. The molecule has 0 spiro atoms. The van der Waals surface area contributed by atoms with Crippen LogP contribution in [0.15, 0.2) is 53.4 Å². The third kappa shape index (κ3) is 7.65. The normalized spacial score (nSPS) is 18.1. The number of rotatable bonds is 10. The summed E-state index contributed by atoms with van der Waals surface area (Å²) in [6.45, 7) is 8.81. The van der Waals surface area contributed by atoms with Gasteiger partial charge in [0.15, 0.2) is 0 Å². The first-order valence-electron chi connectivity index (χ1n) is 13.2. The van der Waals surface area contributed by atoms with Gasteiger partial charge in [-0.25, -0.2) is 18.1 Å². The second-order valence-corrected chi connectivity index (χ2v) is 12.8. The number of nitrogens with two attached hydrogens (primary N) is 1. The number of hydrogen-bond acceptors (Lipinski definition) is 7. The van der Waals surface area contributed by atoms with E-state index in [0.29, 0.717) is 42.3 Å². The number of para-hydroxylation sites is 1. The molecule has 1 aromatic heterocycles. The van der Waals surface area contributed by atoms with Gasteiger partial charge in [-0.1, -0.05) is 52.5 Å².